The quantitative estimate of drug-likeness (QED) is 0.216. The molecule has 27 heavy (non-hydrogen) atoms. The SMILES string of the molecule is CC1=CCC2=C(C3=CI(F)C(C4=CC(F)C(F)C(F)=C4)C(C)(C)C3)[C@@H]2C=C1. The summed E-state index contributed by atoms with van der Waals surface area (Å²) in [5.74, 6) is -0.813. The zero-order valence-corrected chi connectivity index (χ0v) is 17.7. The predicted molar refractivity (Wildman–Crippen MR) is 110 cm³/mol. The second-order valence-electron chi connectivity index (χ2n) is 8.42. The van der Waals surface area contributed by atoms with E-state index in [1.807, 2.05) is 13.8 Å². The molecule has 0 amide bonds. The number of hydrogen-bond acceptors (Lipinski definition) is 0. The topological polar surface area (TPSA) is 0 Å². The summed E-state index contributed by atoms with van der Waals surface area (Å²) >= 11 is -3.14. The molecule has 0 N–H and O–H groups in total. The van der Waals surface area contributed by atoms with E-state index in [0.717, 1.165) is 24.1 Å². The second kappa shape index (κ2) is 6.75. The molecule has 1 heterocycles. The van der Waals surface area contributed by atoms with Crippen LogP contribution in [0.1, 0.15) is 33.6 Å². The van der Waals surface area contributed by atoms with Crippen molar-refractivity contribution >= 4 is 20.4 Å². The van der Waals surface area contributed by atoms with Crippen molar-refractivity contribution in [3.63, 3.8) is 0 Å². The summed E-state index contributed by atoms with van der Waals surface area (Å²) in [4.78, 5) is 0. The van der Waals surface area contributed by atoms with Crippen LogP contribution in [-0.4, -0.2) is 16.3 Å². The van der Waals surface area contributed by atoms with E-state index in [2.05, 4.69) is 25.2 Å². The van der Waals surface area contributed by atoms with Crippen molar-refractivity contribution in [1.29, 1.82) is 0 Å². The summed E-state index contributed by atoms with van der Waals surface area (Å²) in [6.45, 7) is 5.99. The molecule has 0 aromatic heterocycles. The van der Waals surface area contributed by atoms with Crippen LogP contribution in [-0.2, 0) is 0 Å². The fourth-order valence-corrected chi connectivity index (χ4v) is 8.95. The summed E-state index contributed by atoms with van der Waals surface area (Å²) in [6.07, 6.45) is 5.87. The maximum atomic E-state index is 15.4. The standard InChI is InChI=1S/C22H23F4I/c1-12-4-6-15-16(7-5-12)19(15)14-10-22(2,3)21(27(26)11-14)13-8-17(23)20(25)18(24)9-13/h4-6,8-9,11,15,17,20-21H,7,10H2,1-3H3/t15-,17?,20?,21?/m1/s1. The van der Waals surface area contributed by atoms with Crippen molar-refractivity contribution in [2.24, 2.45) is 11.3 Å². The number of alkyl halides is 3. The van der Waals surface area contributed by atoms with Gasteiger partial charge < -0.3 is 0 Å². The van der Waals surface area contributed by atoms with Gasteiger partial charge in [0.25, 0.3) is 0 Å². The minimum absolute atomic E-state index is 0.294. The summed E-state index contributed by atoms with van der Waals surface area (Å²) in [7, 11) is 0. The summed E-state index contributed by atoms with van der Waals surface area (Å²) < 4.78 is 57.6. The van der Waals surface area contributed by atoms with Gasteiger partial charge in [-0.1, -0.05) is 0 Å². The van der Waals surface area contributed by atoms with E-state index in [4.69, 9.17) is 0 Å². The molecule has 0 nitrogen and oxygen atoms in total. The Kier molecular flexibility index (Phi) is 4.80. The van der Waals surface area contributed by atoms with Gasteiger partial charge in [-0.05, 0) is 0 Å². The molecule has 0 bridgehead atoms. The first-order chi connectivity index (χ1) is 12.7. The molecule has 3 unspecified atom stereocenters. The maximum absolute atomic E-state index is 15.4. The number of allylic oxidation sites excluding steroid dienone is 11. The molecule has 0 saturated carbocycles. The molecule has 0 aromatic carbocycles. The van der Waals surface area contributed by atoms with Gasteiger partial charge in [0.05, 0.1) is 0 Å². The third-order valence-corrected chi connectivity index (χ3v) is 10.7. The van der Waals surface area contributed by atoms with Gasteiger partial charge in [0.15, 0.2) is 0 Å². The van der Waals surface area contributed by atoms with Crippen molar-refractivity contribution < 1.29 is 16.0 Å². The first-order valence-corrected chi connectivity index (χ1v) is 12.5. The first-order valence-electron chi connectivity index (χ1n) is 9.18. The molecule has 0 radical (unpaired) electrons. The van der Waals surface area contributed by atoms with E-state index < -0.39 is 47.9 Å². The van der Waals surface area contributed by atoms with E-state index >= 15 is 2.86 Å². The Hall–Kier alpha value is -1.11. The Morgan fingerprint density at radius 2 is 1.96 bits per heavy atom. The van der Waals surface area contributed by atoms with Crippen LogP contribution in [0.15, 0.2) is 68.2 Å². The fourth-order valence-electron chi connectivity index (χ4n) is 4.41. The van der Waals surface area contributed by atoms with Gasteiger partial charge in [0, 0.05) is 0 Å². The van der Waals surface area contributed by atoms with E-state index in [-0.39, 0.29) is 0 Å². The number of rotatable bonds is 2. The van der Waals surface area contributed by atoms with Crippen LogP contribution in [0.4, 0.5) is 16.0 Å². The summed E-state index contributed by atoms with van der Waals surface area (Å²) in [6, 6.07) is 0. The average Bonchev–Trinajstić information content (AvgIpc) is 3.29. The molecule has 0 saturated heterocycles. The number of hydrogen-bond donors (Lipinski definition) is 0. The van der Waals surface area contributed by atoms with Crippen LogP contribution in [0.2, 0.25) is 0 Å². The molecule has 3 aliphatic carbocycles. The molecule has 0 aromatic rings. The summed E-state index contributed by atoms with van der Waals surface area (Å²) in [5, 5.41) is 0. The Bertz CT molecular complexity index is 856. The van der Waals surface area contributed by atoms with Crippen molar-refractivity contribution in [2.75, 3.05) is 0 Å². The third kappa shape index (κ3) is 3.40. The van der Waals surface area contributed by atoms with Crippen LogP contribution < -0.4 is 0 Å². The van der Waals surface area contributed by atoms with Gasteiger partial charge in [0.2, 0.25) is 0 Å². The number of halogens is 5. The zero-order valence-electron chi connectivity index (χ0n) is 15.6. The molecule has 4 aliphatic rings. The molecule has 0 spiro atoms. The first kappa shape index (κ1) is 19.2. The van der Waals surface area contributed by atoms with E-state index in [9.17, 15) is 13.2 Å². The third-order valence-electron chi connectivity index (χ3n) is 5.76. The van der Waals surface area contributed by atoms with Crippen LogP contribution >= 0.6 is 20.4 Å². The van der Waals surface area contributed by atoms with Crippen LogP contribution in [0.5, 0.6) is 0 Å². The van der Waals surface area contributed by atoms with Crippen molar-refractivity contribution in [1.82, 2.24) is 0 Å². The van der Waals surface area contributed by atoms with Gasteiger partial charge in [-0.3, -0.25) is 0 Å². The van der Waals surface area contributed by atoms with Crippen molar-refractivity contribution in [3.05, 3.63) is 68.2 Å². The molecule has 5 heteroatoms. The Balaban J connectivity index is 1.63. The zero-order chi connectivity index (χ0) is 19.5. The monoisotopic (exact) mass is 490 g/mol. The Morgan fingerprint density at radius 1 is 1.22 bits per heavy atom. The van der Waals surface area contributed by atoms with Gasteiger partial charge in [0.1, 0.15) is 0 Å². The van der Waals surface area contributed by atoms with Gasteiger partial charge in [-0.15, -0.1) is 0 Å². The van der Waals surface area contributed by atoms with Crippen LogP contribution in [0.25, 0.3) is 0 Å². The van der Waals surface area contributed by atoms with Crippen LogP contribution in [0.3, 0.4) is 0 Å². The molecule has 4 rings (SSSR count). The predicted octanol–water partition coefficient (Wildman–Crippen LogP) is 7.36. The minimum atomic E-state index is -3.14. The van der Waals surface area contributed by atoms with Gasteiger partial charge in [-0.2, -0.15) is 0 Å². The number of fused-ring (bicyclic) bond motifs is 1. The molecule has 146 valence electrons. The van der Waals surface area contributed by atoms with E-state index in [1.54, 1.807) is 4.08 Å². The molecule has 1 aliphatic heterocycles. The molecule has 4 atom stereocenters. The average molecular weight is 490 g/mol. The van der Waals surface area contributed by atoms with Crippen LogP contribution in [0, 0.1) is 11.3 Å². The van der Waals surface area contributed by atoms with E-state index in [1.165, 1.54) is 16.7 Å². The van der Waals surface area contributed by atoms with E-state index in [0.29, 0.717) is 17.9 Å². The summed E-state index contributed by atoms with van der Waals surface area (Å²) in [5.41, 5.74) is 4.77. The van der Waals surface area contributed by atoms with Crippen molar-refractivity contribution in [2.45, 2.75) is 49.9 Å². The second-order valence-corrected chi connectivity index (χ2v) is 12.0. The normalized spacial score (nSPS) is 36.3. The molecular weight excluding hydrogens is 467 g/mol. The molecular formula is C22H23F4I. The van der Waals surface area contributed by atoms with Gasteiger partial charge in [-0.25, -0.2) is 0 Å². The fraction of sp³-hybridized carbons (Fsp3) is 0.455. The Morgan fingerprint density at radius 3 is 2.63 bits per heavy atom. The van der Waals surface area contributed by atoms with Crippen molar-refractivity contribution in [3.8, 4) is 0 Å². The Labute approximate surface area is 165 Å². The molecule has 0 fully saturated rings. The van der Waals surface area contributed by atoms with Gasteiger partial charge >= 0.3 is 166 Å².